The Kier molecular flexibility index (Phi) is 7.89. The normalized spacial score (nSPS) is 11.0. The minimum Gasteiger partial charge on any atom is -0.386 e. The molecule has 0 aromatic heterocycles. The fourth-order valence-electron chi connectivity index (χ4n) is 1.32. The lowest BCUT2D eigenvalue weighted by atomic mass is 10.1. The monoisotopic (exact) mass is 366 g/mol. The molecule has 18 heavy (non-hydrogen) atoms. The van der Waals surface area contributed by atoms with E-state index in [0.29, 0.717) is 21.6 Å². The van der Waals surface area contributed by atoms with Crippen LogP contribution in [0.15, 0.2) is 0 Å². The summed E-state index contributed by atoms with van der Waals surface area (Å²) in [6, 6.07) is 0. The molecule has 0 bridgehead atoms. The molecule has 0 spiro atoms. The third-order valence-electron chi connectivity index (χ3n) is 2.15. The van der Waals surface area contributed by atoms with Crippen molar-refractivity contribution in [2.45, 2.75) is 11.5 Å². The summed E-state index contributed by atoms with van der Waals surface area (Å²) in [7, 11) is 0. The van der Waals surface area contributed by atoms with Gasteiger partial charge in [0.05, 0.1) is 32.0 Å². The van der Waals surface area contributed by atoms with Crippen LogP contribution in [0.2, 0.25) is 20.1 Å². The summed E-state index contributed by atoms with van der Waals surface area (Å²) in [5, 5.41) is 18.9. The van der Waals surface area contributed by atoms with Gasteiger partial charge in [-0.05, 0) is 11.1 Å². The summed E-state index contributed by atoms with van der Waals surface area (Å²) >= 11 is 26.9. The predicted molar refractivity (Wildman–Crippen MR) is 83.2 cm³/mol. The van der Waals surface area contributed by atoms with Crippen LogP contribution in [0.4, 0.5) is 0 Å². The molecule has 0 heterocycles. The number of benzene rings is 1. The Labute approximate surface area is 134 Å². The maximum atomic E-state index is 8.86. The van der Waals surface area contributed by atoms with Gasteiger partial charge in [0.15, 0.2) is 0 Å². The van der Waals surface area contributed by atoms with Crippen LogP contribution in [0.3, 0.4) is 0 Å². The van der Waals surface area contributed by atoms with Crippen molar-refractivity contribution < 1.29 is 10.2 Å². The molecule has 2 N–H and O–H groups in total. The van der Waals surface area contributed by atoms with Crippen molar-refractivity contribution in [2.24, 2.45) is 0 Å². The zero-order valence-electron chi connectivity index (χ0n) is 9.05. The van der Waals surface area contributed by atoms with E-state index in [0.717, 1.165) is 11.1 Å². The van der Waals surface area contributed by atoms with Crippen molar-refractivity contribution in [3.8, 4) is 0 Å². The van der Waals surface area contributed by atoms with Crippen LogP contribution in [0.5, 0.6) is 0 Å². The largest absolute Gasteiger partial charge is 0.386 e. The van der Waals surface area contributed by atoms with Gasteiger partial charge in [0.2, 0.25) is 0 Å². The van der Waals surface area contributed by atoms with Gasteiger partial charge in [-0.15, -0.1) is 23.5 Å². The van der Waals surface area contributed by atoms with Crippen LogP contribution in [-0.4, -0.2) is 22.1 Å². The van der Waals surface area contributed by atoms with Gasteiger partial charge in [0, 0.05) is 11.5 Å². The molecule has 1 aromatic rings. The van der Waals surface area contributed by atoms with Gasteiger partial charge in [0.1, 0.15) is 0 Å². The maximum absolute atomic E-state index is 8.86. The first-order valence-corrected chi connectivity index (χ1v) is 8.57. The van der Waals surface area contributed by atoms with E-state index in [1.807, 2.05) is 0 Å². The number of hydrogen-bond acceptors (Lipinski definition) is 4. The number of rotatable bonds is 6. The van der Waals surface area contributed by atoms with Crippen LogP contribution in [0, 0.1) is 0 Å². The quantitative estimate of drug-likeness (QED) is 0.435. The molecule has 0 atom stereocenters. The average molecular weight is 368 g/mol. The van der Waals surface area contributed by atoms with Crippen LogP contribution < -0.4 is 0 Å². The molecule has 0 radical (unpaired) electrons. The van der Waals surface area contributed by atoms with E-state index in [-0.39, 0.29) is 21.9 Å². The lowest BCUT2D eigenvalue weighted by Crippen LogP contribution is -1.97. The van der Waals surface area contributed by atoms with E-state index in [1.54, 1.807) is 0 Å². The lowest BCUT2D eigenvalue weighted by molar-refractivity contribution is 0.375. The fourth-order valence-corrected chi connectivity index (χ4v) is 3.77. The Morgan fingerprint density at radius 2 is 1.00 bits per heavy atom. The third kappa shape index (κ3) is 4.00. The second-order valence-electron chi connectivity index (χ2n) is 3.17. The Morgan fingerprint density at radius 3 is 1.28 bits per heavy atom. The molecule has 0 aliphatic rings. The summed E-state index contributed by atoms with van der Waals surface area (Å²) in [6.07, 6.45) is 0. The molecule has 102 valence electrons. The van der Waals surface area contributed by atoms with E-state index >= 15 is 0 Å². The zero-order valence-corrected chi connectivity index (χ0v) is 13.7. The Balaban J connectivity index is 3.24. The Hall–Kier alpha value is 1.000. The van der Waals surface area contributed by atoms with E-state index in [9.17, 15) is 0 Å². The summed E-state index contributed by atoms with van der Waals surface area (Å²) in [4.78, 5) is 0. The molecule has 8 heteroatoms. The van der Waals surface area contributed by atoms with Crippen molar-refractivity contribution in [3.63, 3.8) is 0 Å². The Bertz CT molecular complexity index is 390. The number of aliphatic hydroxyl groups is 2. The highest BCUT2D eigenvalue weighted by Crippen LogP contribution is 2.43. The Morgan fingerprint density at radius 1 is 0.667 bits per heavy atom. The van der Waals surface area contributed by atoms with Crippen molar-refractivity contribution in [3.05, 3.63) is 31.2 Å². The molecule has 0 saturated carbocycles. The first kappa shape index (κ1) is 17.1. The molecule has 2 nitrogen and oxygen atoms in total. The van der Waals surface area contributed by atoms with Crippen molar-refractivity contribution >= 4 is 69.9 Å². The van der Waals surface area contributed by atoms with Crippen molar-refractivity contribution in [2.75, 3.05) is 11.9 Å². The standard InChI is InChI=1S/C10H10Cl4O2S2/c11-7-5(1-17-3-15)6(2-18-4-16)8(12)10(14)9(7)13/h15-16H,1-4H2. The van der Waals surface area contributed by atoms with Crippen LogP contribution in [0.25, 0.3) is 0 Å². The molecule has 0 amide bonds. The maximum Gasteiger partial charge on any atom is 0.0889 e. The summed E-state index contributed by atoms with van der Waals surface area (Å²) in [6.45, 7) is 0. The molecule has 1 rings (SSSR count). The van der Waals surface area contributed by atoms with Gasteiger partial charge in [-0.25, -0.2) is 0 Å². The second-order valence-corrected chi connectivity index (χ2v) is 6.59. The predicted octanol–water partition coefficient (Wildman–Crippen LogP) is 4.67. The first-order valence-electron chi connectivity index (χ1n) is 4.75. The molecule has 0 fully saturated rings. The number of thioether (sulfide) groups is 2. The smallest absolute Gasteiger partial charge is 0.0889 e. The minimum atomic E-state index is -0.0270. The third-order valence-corrected chi connectivity index (χ3v) is 5.38. The van der Waals surface area contributed by atoms with Gasteiger partial charge in [-0.2, -0.15) is 0 Å². The highest BCUT2D eigenvalue weighted by Gasteiger charge is 2.19. The van der Waals surface area contributed by atoms with Gasteiger partial charge >= 0.3 is 0 Å². The van der Waals surface area contributed by atoms with Gasteiger partial charge in [-0.1, -0.05) is 46.4 Å². The highest BCUT2D eigenvalue weighted by atomic mass is 35.5. The molecular formula is C10H10Cl4O2S2. The van der Waals surface area contributed by atoms with Gasteiger partial charge in [0.25, 0.3) is 0 Å². The van der Waals surface area contributed by atoms with Crippen LogP contribution in [0.1, 0.15) is 11.1 Å². The lowest BCUT2D eigenvalue weighted by Gasteiger charge is -2.15. The van der Waals surface area contributed by atoms with Crippen LogP contribution in [-0.2, 0) is 11.5 Å². The van der Waals surface area contributed by atoms with E-state index in [2.05, 4.69) is 0 Å². The van der Waals surface area contributed by atoms with Crippen LogP contribution >= 0.6 is 69.9 Å². The first-order chi connectivity index (χ1) is 8.54. The van der Waals surface area contributed by atoms with Gasteiger partial charge < -0.3 is 10.2 Å². The summed E-state index contributed by atoms with van der Waals surface area (Å²) < 4.78 is 0. The highest BCUT2D eigenvalue weighted by molar-refractivity contribution is 7.98. The average Bonchev–Trinajstić information content (AvgIpc) is 2.38. The number of hydrogen-bond donors (Lipinski definition) is 2. The van der Waals surface area contributed by atoms with E-state index < -0.39 is 0 Å². The minimum absolute atomic E-state index is 0.0270. The molecule has 0 saturated heterocycles. The number of aliphatic hydroxyl groups excluding tert-OH is 2. The molecule has 0 aliphatic carbocycles. The van der Waals surface area contributed by atoms with Crippen molar-refractivity contribution in [1.29, 1.82) is 0 Å². The van der Waals surface area contributed by atoms with Gasteiger partial charge in [-0.3, -0.25) is 0 Å². The molecule has 0 aliphatic heterocycles. The topological polar surface area (TPSA) is 40.5 Å². The molecule has 0 unspecified atom stereocenters. The SMILES string of the molecule is OCSCc1c(Cl)c(Cl)c(Cl)c(Cl)c1CSCO. The molecule has 1 aromatic carbocycles. The second kappa shape index (κ2) is 8.32. The number of halogens is 4. The van der Waals surface area contributed by atoms with Crippen molar-refractivity contribution in [1.82, 2.24) is 0 Å². The van der Waals surface area contributed by atoms with E-state index in [4.69, 9.17) is 56.6 Å². The summed E-state index contributed by atoms with van der Waals surface area (Å²) in [5.74, 6) is 0.905. The zero-order chi connectivity index (χ0) is 13.7. The molecular weight excluding hydrogens is 358 g/mol. The summed E-state index contributed by atoms with van der Waals surface area (Å²) in [5.41, 5.74) is 1.49. The van der Waals surface area contributed by atoms with E-state index in [1.165, 1.54) is 23.5 Å². The fraction of sp³-hybridized carbons (Fsp3) is 0.400.